The maximum absolute atomic E-state index is 13.3. The molecule has 3 heterocycles. The van der Waals surface area contributed by atoms with Gasteiger partial charge in [-0.05, 0) is 55.2 Å². The number of halogens is 1. The summed E-state index contributed by atoms with van der Waals surface area (Å²) >= 11 is 5.62. The van der Waals surface area contributed by atoms with Crippen molar-refractivity contribution in [3.05, 3.63) is 53.6 Å². The van der Waals surface area contributed by atoms with Crippen molar-refractivity contribution in [2.45, 2.75) is 55.4 Å². The number of benzene rings is 1. The average molecular weight is 474 g/mol. The zero-order chi connectivity index (χ0) is 22.9. The van der Waals surface area contributed by atoms with Gasteiger partial charge in [0.25, 0.3) is 0 Å². The van der Waals surface area contributed by atoms with Crippen LogP contribution in [0.5, 0.6) is 0 Å². The Hall–Kier alpha value is -2.22. The van der Waals surface area contributed by atoms with Crippen LogP contribution in [0.15, 0.2) is 51.9 Å². The molecule has 0 spiro atoms. The molecule has 3 aromatic rings. The second-order valence-corrected chi connectivity index (χ2v) is 11.4. The van der Waals surface area contributed by atoms with Crippen molar-refractivity contribution in [2.24, 2.45) is 5.92 Å². The number of ether oxygens (including phenoxy) is 1. The van der Waals surface area contributed by atoms with Gasteiger partial charge >= 0.3 is 0 Å². The van der Waals surface area contributed by atoms with Gasteiger partial charge in [0.05, 0.1) is 26.5 Å². The lowest BCUT2D eigenvalue weighted by Crippen LogP contribution is -2.25. The van der Waals surface area contributed by atoms with Crippen LogP contribution in [0.1, 0.15) is 45.1 Å². The van der Waals surface area contributed by atoms with E-state index in [1.165, 1.54) is 23.9 Å². The lowest BCUT2D eigenvalue weighted by molar-refractivity contribution is 0.0611. The highest BCUT2D eigenvalue weighted by Gasteiger charge is 2.27. The third-order valence-corrected chi connectivity index (χ3v) is 7.65. The number of imidazole rings is 1. The fraction of sp³-hybridized carbons (Fsp3) is 0.417. The number of aromatic nitrogens is 3. The van der Waals surface area contributed by atoms with Crippen molar-refractivity contribution >= 4 is 38.5 Å². The first-order valence-electron chi connectivity index (χ1n) is 10.8. The zero-order valence-corrected chi connectivity index (χ0v) is 20.2. The van der Waals surface area contributed by atoms with Crippen LogP contribution in [0.25, 0.3) is 17.1 Å². The Bertz CT molecular complexity index is 1250. The minimum Gasteiger partial charge on any atom is -0.381 e. The van der Waals surface area contributed by atoms with Gasteiger partial charge in [0, 0.05) is 36.9 Å². The molecule has 170 valence electrons. The molecule has 1 aliphatic rings. The van der Waals surface area contributed by atoms with E-state index in [1.54, 1.807) is 18.2 Å². The van der Waals surface area contributed by atoms with Gasteiger partial charge in [0.1, 0.15) is 5.82 Å². The maximum Gasteiger partial charge on any atom is 0.206 e. The summed E-state index contributed by atoms with van der Waals surface area (Å²) in [5, 5.41) is 0. The number of fused-ring (bicyclic) bond motifs is 1. The number of rotatable bonds is 5. The third kappa shape index (κ3) is 4.60. The van der Waals surface area contributed by atoms with E-state index in [1.807, 2.05) is 6.07 Å². The molecule has 0 unspecified atom stereocenters. The first kappa shape index (κ1) is 23.0. The van der Waals surface area contributed by atoms with E-state index in [-0.39, 0.29) is 15.2 Å². The van der Waals surface area contributed by atoms with Gasteiger partial charge in [-0.3, -0.25) is 4.98 Å². The predicted molar refractivity (Wildman–Crippen MR) is 127 cm³/mol. The van der Waals surface area contributed by atoms with Crippen molar-refractivity contribution in [1.29, 1.82) is 0 Å². The summed E-state index contributed by atoms with van der Waals surface area (Å²) in [6.45, 7) is 8.84. The molecule has 32 heavy (non-hydrogen) atoms. The van der Waals surface area contributed by atoms with Crippen LogP contribution in [-0.4, -0.2) is 36.2 Å². The number of pyridine rings is 1. The largest absolute Gasteiger partial charge is 0.381 e. The number of hydrogen-bond donors (Lipinski definition) is 0. The Morgan fingerprint density at radius 2 is 1.88 bits per heavy atom. The van der Waals surface area contributed by atoms with Crippen molar-refractivity contribution in [1.82, 2.24) is 14.5 Å². The smallest absolute Gasteiger partial charge is 0.206 e. The van der Waals surface area contributed by atoms with Crippen molar-refractivity contribution in [3.8, 4) is 0 Å². The minimum atomic E-state index is -3.72. The summed E-state index contributed by atoms with van der Waals surface area (Å²) in [5.74, 6) is 1.49. The van der Waals surface area contributed by atoms with E-state index in [2.05, 4.69) is 30.3 Å². The molecule has 0 bridgehead atoms. The first-order valence-corrected chi connectivity index (χ1v) is 12.7. The molecule has 1 fully saturated rings. The van der Waals surface area contributed by atoms with E-state index < -0.39 is 9.84 Å². The SMILES string of the molecule is CC(C)(C)c1nc2cc(S(=O)(=O)c3ccnc(C=CCl)c3)ccc2n1CC1CCOCC1. The summed E-state index contributed by atoms with van der Waals surface area (Å²) < 4.78 is 34.4. The Morgan fingerprint density at radius 3 is 2.56 bits per heavy atom. The van der Waals surface area contributed by atoms with Gasteiger partial charge in [0.15, 0.2) is 0 Å². The molecule has 1 aliphatic heterocycles. The molecule has 0 aliphatic carbocycles. The summed E-state index contributed by atoms with van der Waals surface area (Å²) in [7, 11) is -3.72. The zero-order valence-electron chi connectivity index (χ0n) is 18.6. The highest BCUT2D eigenvalue weighted by molar-refractivity contribution is 7.91. The quantitative estimate of drug-likeness (QED) is 0.509. The van der Waals surface area contributed by atoms with Gasteiger partial charge in [-0.2, -0.15) is 0 Å². The number of hydrogen-bond acceptors (Lipinski definition) is 5. The molecule has 1 saturated heterocycles. The Kier molecular flexibility index (Phi) is 6.43. The summed E-state index contributed by atoms with van der Waals surface area (Å²) in [6, 6.07) is 8.24. The van der Waals surface area contributed by atoms with Crippen LogP contribution in [0.4, 0.5) is 0 Å². The van der Waals surface area contributed by atoms with Crippen LogP contribution >= 0.6 is 11.6 Å². The fourth-order valence-corrected chi connectivity index (χ4v) is 5.54. The monoisotopic (exact) mass is 473 g/mol. The van der Waals surface area contributed by atoms with E-state index in [9.17, 15) is 8.42 Å². The molecule has 0 saturated carbocycles. The first-order chi connectivity index (χ1) is 15.2. The predicted octanol–water partition coefficient (Wildman–Crippen LogP) is 5.20. The Labute approximate surface area is 194 Å². The average Bonchev–Trinajstić information content (AvgIpc) is 3.13. The van der Waals surface area contributed by atoms with Crippen LogP contribution in [0.2, 0.25) is 0 Å². The van der Waals surface area contributed by atoms with Crippen LogP contribution in [0, 0.1) is 5.92 Å². The molecule has 8 heteroatoms. The number of sulfone groups is 1. The molecule has 0 atom stereocenters. The lowest BCUT2D eigenvalue weighted by Gasteiger charge is -2.26. The summed E-state index contributed by atoms with van der Waals surface area (Å²) in [4.78, 5) is 9.41. The third-order valence-electron chi connectivity index (χ3n) is 5.78. The molecular weight excluding hydrogens is 446 g/mol. The van der Waals surface area contributed by atoms with Gasteiger partial charge in [0.2, 0.25) is 9.84 Å². The van der Waals surface area contributed by atoms with Gasteiger partial charge in [-0.25, -0.2) is 13.4 Å². The fourth-order valence-electron chi connectivity index (χ4n) is 4.11. The van der Waals surface area contributed by atoms with E-state index in [0.29, 0.717) is 17.1 Å². The van der Waals surface area contributed by atoms with E-state index in [4.69, 9.17) is 21.3 Å². The van der Waals surface area contributed by atoms with E-state index in [0.717, 1.165) is 43.9 Å². The molecule has 4 rings (SSSR count). The molecule has 0 N–H and O–H groups in total. The topological polar surface area (TPSA) is 74.1 Å². The van der Waals surface area contributed by atoms with Crippen LogP contribution in [0.3, 0.4) is 0 Å². The minimum absolute atomic E-state index is 0.170. The van der Waals surface area contributed by atoms with Gasteiger partial charge in [-0.1, -0.05) is 32.4 Å². The molecule has 0 amide bonds. The molecule has 2 aromatic heterocycles. The number of nitrogens with zero attached hydrogens (tertiary/aromatic N) is 3. The van der Waals surface area contributed by atoms with Crippen LogP contribution in [-0.2, 0) is 26.5 Å². The highest BCUT2D eigenvalue weighted by Crippen LogP contribution is 2.31. The second kappa shape index (κ2) is 8.96. The molecule has 6 nitrogen and oxygen atoms in total. The second-order valence-electron chi connectivity index (χ2n) is 9.21. The highest BCUT2D eigenvalue weighted by atomic mass is 35.5. The lowest BCUT2D eigenvalue weighted by atomic mass is 9.94. The van der Waals surface area contributed by atoms with Crippen molar-refractivity contribution in [2.75, 3.05) is 13.2 Å². The molecule has 1 aromatic carbocycles. The summed E-state index contributed by atoms with van der Waals surface area (Å²) in [5.41, 5.74) is 3.28. The van der Waals surface area contributed by atoms with Crippen molar-refractivity contribution in [3.63, 3.8) is 0 Å². The van der Waals surface area contributed by atoms with Gasteiger partial charge < -0.3 is 9.30 Å². The van der Waals surface area contributed by atoms with Crippen molar-refractivity contribution < 1.29 is 13.2 Å². The Balaban J connectivity index is 1.78. The molecule has 0 radical (unpaired) electrons. The Morgan fingerprint density at radius 1 is 1.16 bits per heavy atom. The standard InChI is InChI=1S/C24H28ClN3O3S/c1-24(2,3)23-27-21-15-19(32(29,30)20-7-11-26-18(14-20)6-10-25)4-5-22(21)28(23)16-17-8-12-31-13-9-17/h4-7,10-11,14-15,17H,8-9,12-13,16H2,1-3H3. The van der Waals surface area contributed by atoms with Gasteiger partial charge in [-0.15, -0.1) is 0 Å². The maximum atomic E-state index is 13.3. The van der Waals surface area contributed by atoms with E-state index >= 15 is 0 Å². The normalized spacial score (nSPS) is 16.2. The van der Waals surface area contributed by atoms with Crippen LogP contribution < -0.4 is 0 Å². The summed E-state index contributed by atoms with van der Waals surface area (Å²) in [6.07, 6.45) is 5.07. The molecular formula is C24H28ClN3O3S.